The Morgan fingerprint density at radius 2 is 1.75 bits per heavy atom. The Morgan fingerprint density at radius 1 is 1.19 bits per heavy atom. The highest BCUT2D eigenvalue weighted by Crippen LogP contribution is 2.19. The van der Waals surface area contributed by atoms with Gasteiger partial charge in [0.1, 0.15) is 11.3 Å². The van der Waals surface area contributed by atoms with Crippen LogP contribution in [-0.4, -0.2) is 25.7 Å². The number of anilines is 1. The molecule has 0 atom stereocenters. The van der Waals surface area contributed by atoms with Gasteiger partial charge in [-0.1, -0.05) is 0 Å². The molecule has 0 amide bonds. The predicted molar refractivity (Wildman–Crippen MR) is 62.7 cm³/mol. The van der Waals surface area contributed by atoms with Crippen LogP contribution in [0.25, 0.3) is 0 Å². The Balaban J connectivity index is 2.76. The quantitative estimate of drug-likeness (QED) is 0.794. The van der Waals surface area contributed by atoms with Gasteiger partial charge in [-0.05, 0) is 38.1 Å². The normalized spacial score (nSPS) is 10.8. The van der Waals surface area contributed by atoms with Crippen LogP contribution >= 0.6 is 0 Å². The van der Waals surface area contributed by atoms with Gasteiger partial charge >= 0.3 is 5.97 Å². The Labute approximate surface area is 95.6 Å². The van der Waals surface area contributed by atoms with Crippen molar-refractivity contribution in [2.24, 2.45) is 0 Å². The number of carbonyl (C=O) groups is 1. The second kappa shape index (κ2) is 4.88. The van der Waals surface area contributed by atoms with Crippen molar-refractivity contribution in [2.45, 2.75) is 19.4 Å². The number of methoxy groups -OCH3 is 2. The molecule has 88 valence electrons. The minimum absolute atomic E-state index is 0.302. The number of hydrogen-bond donors (Lipinski definition) is 1. The molecular weight excluding hydrogens is 206 g/mol. The average molecular weight is 223 g/mol. The van der Waals surface area contributed by atoms with Gasteiger partial charge in [0.05, 0.1) is 14.2 Å². The van der Waals surface area contributed by atoms with Gasteiger partial charge in [0.25, 0.3) is 0 Å². The number of benzene rings is 1. The maximum atomic E-state index is 11.5. The van der Waals surface area contributed by atoms with E-state index < -0.39 is 5.54 Å². The Hall–Kier alpha value is -1.71. The zero-order valence-corrected chi connectivity index (χ0v) is 10.0. The van der Waals surface area contributed by atoms with Crippen LogP contribution in [0.2, 0.25) is 0 Å². The van der Waals surface area contributed by atoms with Crippen molar-refractivity contribution in [3.05, 3.63) is 24.3 Å². The van der Waals surface area contributed by atoms with Gasteiger partial charge in [-0.15, -0.1) is 0 Å². The van der Waals surface area contributed by atoms with Crippen LogP contribution in [0.1, 0.15) is 13.8 Å². The number of ether oxygens (including phenoxy) is 2. The van der Waals surface area contributed by atoms with E-state index in [0.29, 0.717) is 0 Å². The standard InChI is InChI=1S/C12H17NO3/c1-12(2,11(14)16-4)13-9-5-7-10(15-3)8-6-9/h5-8,13H,1-4H3. The molecule has 1 aromatic carbocycles. The molecule has 4 heteroatoms. The molecule has 0 spiro atoms. The van der Waals surface area contributed by atoms with Crippen molar-refractivity contribution < 1.29 is 14.3 Å². The zero-order chi connectivity index (χ0) is 12.2. The monoisotopic (exact) mass is 223 g/mol. The van der Waals surface area contributed by atoms with Crippen LogP contribution in [0.3, 0.4) is 0 Å². The molecule has 0 aliphatic rings. The molecule has 0 aliphatic carbocycles. The van der Waals surface area contributed by atoms with Crippen LogP contribution < -0.4 is 10.1 Å². The summed E-state index contributed by atoms with van der Waals surface area (Å²) in [6.07, 6.45) is 0. The lowest BCUT2D eigenvalue weighted by Crippen LogP contribution is -2.41. The summed E-state index contributed by atoms with van der Waals surface area (Å²) < 4.78 is 9.75. The molecular formula is C12H17NO3. The Bertz CT molecular complexity index is 357. The van der Waals surface area contributed by atoms with E-state index in [1.807, 2.05) is 24.3 Å². The van der Waals surface area contributed by atoms with E-state index in [2.05, 4.69) is 5.32 Å². The van der Waals surface area contributed by atoms with Crippen LogP contribution in [0, 0.1) is 0 Å². The molecule has 0 saturated carbocycles. The maximum absolute atomic E-state index is 11.5. The first-order valence-electron chi connectivity index (χ1n) is 5.00. The van der Waals surface area contributed by atoms with Crippen molar-refractivity contribution in [1.82, 2.24) is 0 Å². The molecule has 16 heavy (non-hydrogen) atoms. The zero-order valence-electron chi connectivity index (χ0n) is 10.0. The number of esters is 1. The Morgan fingerprint density at radius 3 is 2.19 bits per heavy atom. The highest BCUT2D eigenvalue weighted by Gasteiger charge is 2.28. The molecule has 0 saturated heterocycles. The van der Waals surface area contributed by atoms with E-state index in [1.54, 1.807) is 21.0 Å². The molecule has 0 unspecified atom stereocenters. The molecule has 4 nitrogen and oxygen atoms in total. The summed E-state index contributed by atoms with van der Waals surface area (Å²) >= 11 is 0. The second-order valence-corrected chi connectivity index (χ2v) is 3.97. The number of hydrogen-bond acceptors (Lipinski definition) is 4. The lowest BCUT2D eigenvalue weighted by molar-refractivity contribution is -0.144. The van der Waals surface area contributed by atoms with Crippen LogP contribution in [0.5, 0.6) is 5.75 Å². The first kappa shape index (κ1) is 12.4. The minimum atomic E-state index is -0.747. The first-order valence-corrected chi connectivity index (χ1v) is 5.00. The van der Waals surface area contributed by atoms with Crippen molar-refractivity contribution in [2.75, 3.05) is 19.5 Å². The van der Waals surface area contributed by atoms with E-state index in [-0.39, 0.29) is 5.97 Å². The summed E-state index contributed by atoms with van der Waals surface area (Å²) in [6, 6.07) is 7.36. The molecule has 1 rings (SSSR count). The highest BCUT2D eigenvalue weighted by atomic mass is 16.5. The molecule has 0 aliphatic heterocycles. The van der Waals surface area contributed by atoms with E-state index in [4.69, 9.17) is 9.47 Å². The fourth-order valence-corrected chi connectivity index (χ4v) is 1.34. The molecule has 0 bridgehead atoms. The predicted octanol–water partition coefficient (Wildman–Crippen LogP) is 2.06. The third-order valence-corrected chi connectivity index (χ3v) is 2.24. The topological polar surface area (TPSA) is 47.6 Å². The van der Waals surface area contributed by atoms with Crippen LogP contribution in [0.4, 0.5) is 5.69 Å². The van der Waals surface area contributed by atoms with Crippen LogP contribution in [0.15, 0.2) is 24.3 Å². The molecule has 0 radical (unpaired) electrons. The molecule has 1 aromatic rings. The summed E-state index contributed by atoms with van der Waals surface area (Å²) in [6.45, 7) is 3.53. The van der Waals surface area contributed by atoms with E-state index in [0.717, 1.165) is 11.4 Å². The fourth-order valence-electron chi connectivity index (χ4n) is 1.34. The van der Waals surface area contributed by atoms with Gasteiger partial charge < -0.3 is 14.8 Å². The van der Waals surface area contributed by atoms with Crippen LogP contribution in [-0.2, 0) is 9.53 Å². The van der Waals surface area contributed by atoms with Crippen molar-refractivity contribution >= 4 is 11.7 Å². The smallest absolute Gasteiger partial charge is 0.330 e. The SMILES string of the molecule is COC(=O)C(C)(C)Nc1ccc(OC)cc1. The van der Waals surface area contributed by atoms with Crippen molar-refractivity contribution in [3.8, 4) is 5.75 Å². The van der Waals surface area contributed by atoms with Gasteiger partial charge in [-0.3, -0.25) is 0 Å². The Kier molecular flexibility index (Phi) is 3.77. The van der Waals surface area contributed by atoms with Gasteiger partial charge in [0.2, 0.25) is 0 Å². The highest BCUT2D eigenvalue weighted by molar-refractivity contribution is 5.83. The largest absolute Gasteiger partial charge is 0.497 e. The van der Waals surface area contributed by atoms with E-state index in [1.165, 1.54) is 7.11 Å². The third-order valence-electron chi connectivity index (χ3n) is 2.24. The summed E-state index contributed by atoms with van der Waals surface area (Å²) in [5.74, 6) is 0.477. The third kappa shape index (κ3) is 2.89. The minimum Gasteiger partial charge on any atom is -0.497 e. The lowest BCUT2D eigenvalue weighted by Gasteiger charge is -2.24. The van der Waals surface area contributed by atoms with E-state index in [9.17, 15) is 4.79 Å². The first-order chi connectivity index (χ1) is 7.49. The number of rotatable bonds is 4. The van der Waals surface area contributed by atoms with E-state index >= 15 is 0 Å². The number of nitrogens with one attached hydrogen (secondary N) is 1. The molecule has 0 aromatic heterocycles. The molecule has 0 heterocycles. The van der Waals surface area contributed by atoms with Gasteiger partial charge in [0, 0.05) is 5.69 Å². The van der Waals surface area contributed by atoms with Crippen molar-refractivity contribution in [1.29, 1.82) is 0 Å². The summed E-state index contributed by atoms with van der Waals surface area (Å²) in [5, 5.41) is 3.09. The number of carbonyl (C=O) groups excluding carboxylic acids is 1. The molecule has 1 N–H and O–H groups in total. The summed E-state index contributed by atoms with van der Waals surface area (Å²) in [7, 11) is 2.99. The lowest BCUT2D eigenvalue weighted by atomic mass is 10.1. The van der Waals surface area contributed by atoms with Gasteiger partial charge in [-0.2, -0.15) is 0 Å². The second-order valence-electron chi connectivity index (χ2n) is 3.97. The fraction of sp³-hybridized carbons (Fsp3) is 0.417. The summed E-state index contributed by atoms with van der Waals surface area (Å²) in [4.78, 5) is 11.5. The molecule has 0 fully saturated rings. The maximum Gasteiger partial charge on any atom is 0.330 e. The average Bonchev–Trinajstić information content (AvgIpc) is 2.28. The van der Waals surface area contributed by atoms with Gasteiger partial charge in [0.15, 0.2) is 0 Å². The van der Waals surface area contributed by atoms with Gasteiger partial charge in [-0.25, -0.2) is 4.79 Å². The van der Waals surface area contributed by atoms with Crippen molar-refractivity contribution in [3.63, 3.8) is 0 Å². The summed E-state index contributed by atoms with van der Waals surface area (Å²) in [5.41, 5.74) is 0.0970.